The highest BCUT2D eigenvalue weighted by molar-refractivity contribution is 7.89. The van der Waals surface area contributed by atoms with E-state index in [2.05, 4.69) is 9.72 Å². The van der Waals surface area contributed by atoms with Crippen LogP contribution in [0.1, 0.15) is 19.3 Å². The molecule has 0 aromatic carbocycles. The van der Waals surface area contributed by atoms with Crippen LogP contribution < -0.4 is 0 Å². The number of carbonyl (C=O) groups is 1. The minimum Gasteiger partial charge on any atom is -0.469 e. The Morgan fingerprint density at radius 2 is 2.10 bits per heavy atom. The zero-order valence-electron chi connectivity index (χ0n) is 11.7. The van der Waals surface area contributed by atoms with Gasteiger partial charge in [-0.25, -0.2) is 13.4 Å². The van der Waals surface area contributed by atoms with Gasteiger partial charge in [0, 0.05) is 25.7 Å². The maximum Gasteiger partial charge on any atom is 0.305 e. The number of methoxy groups -OCH3 is 1. The third-order valence-corrected chi connectivity index (χ3v) is 5.70. The molecule has 2 heterocycles. The number of ether oxygens (including phenoxy) is 1. The van der Waals surface area contributed by atoms with Crippen molar-refractivity contribution in [1.29, 1.82) is 0 Å². The number of hydrogen-bond acceptors (Lipinski definition) is 5. The third-order valence-electron chi connectivity index (χ3n) is 3.59. The quantitative estimate of drug-likeness (QED) is 0.619. The van der Waals surface area contributed by atoms with E-state index in [4.69, 9.17) is 11.6 Å². The number of carbonyl (C=O) groups excluding carboxylic acids is 1. The first-order chi connectivity index (χ1) is 9.93. The van der Waals surface area contributed by atoms with Crippen LogP contribution in [-0.4, -0.2) is 43.9 Å². The number of sulfonamides is 1. The Kier molecular flexibility index (Phi) is 5.18. The molecule has 0 N–H and O–H groups in total. The van der Waals surface area contributed by atoms with Crippen molar-refractivity contribution in [3.05, 3.63) is 23.5 Å². The van der Waals surface area contributed by atoms with Crippen LogP contribution in [0.2, 0.25) is 5.15 Å². The van der Waals surface area contributed by atoms with Crippen LogP contribution in [0.25, 0.3) is 0 Å². The van der Waals surface area contributed by atoms with E-state index in [0.29, 0.717) is 32.4 Å². The van der Waals surface area contributed by atoms with Gasteiger partial charge in [-0.1, -0.05) is 11.6 Å². The number of piperidine rings is 1. The van der Waals surface area contributed by atoms with E-state index in [-0.39, 0.29) is 21.9 Å². The summed E-state index contributed by atoms with van der Waals surface area (Å²) >= 11 is 5.67. The zero-order valence-corrected chi connectivity index (χ0v) is 13.2. The van der Waals surface area contributed by atoms with Crippen LogP contribution in [0, 0.1) is 5.92 Å². The number of nitrogens with zero attached hydrogens (tertiary/aromatic N) is 2. The Morgan fingerprint density at radius 3 is 2.62 bits per heavy atom. The molecule has 6 nitrogen and oxygen atoms in total. The summed E-state index contributed by atoms with van der Waals surface area (Å²) in [6.07, 6.45) is 2.90. The topological polar surface area (TPSA) is 76.6 Å². The molecule has 0 spiro atoms. The molecule has 1 aromatic heterocycles. The van der Waals surface area contributed by atoms with Crippen molar-refractivity contribution in [3.63, 3.8) is 0 Å². The summed E-state index contributed by atoms with van der Waals surface area (Å²) < 4.78 is 30.9. The fraction of sp³-hybridized carbons (Fsp3) is 0.538. The molecule has 2 rings (SSSR count). The van der Waals surface area contributed by atoms with Crippen LogP contribution >= 0.6 is 11.6 Å². The van der Waals surface area contributed by atoms with Crippen molar-refractivity contribution in [1.82, 2.24) is 9.29 Å². The van der Waals surface area contributed by atoms with E-state index < -0.39 is 10.0 Å². The van der Waals surface area contributed by atoms with Crippen molar-refractivity contribution < 1.29 is 17.9 Å². The van der Waals surface area contributed by atoms with Crippen LogP contribution in [0.15, 0.2) is 23.2 Å². The summed E-state index contributed by atoms with van der Waals surface area (Å²) in [5.41, 5.74) is 0. The molecule has 0 aliphatic carbocycles. The standard InChI is InChI=1S/C13H17ClN2O4S/c1-20-13(17)8-10-4-6-16(7-5-10)21(18,19)11-2-3-12(14)15-9-11/h2-3,9-10H,4-8H2,1H3. The van der Waals surface area contributed by atoms with Gasteiger partial charge in [-0.05, 0) is 30.9 Å². The molecular formula is C13H17ClN2O4S. The van der Waals surface area contributed by atoms with E-state index in [9.17, 15) is 13.2 Å². The molecule has 1 aliphatic heterocycles. The molecule has 0 unspecified atom stereocenters. The summed E-state index contributed by atoms with van der Waals surface area (Å²) in [5.74, 6) is -0.0783. The maximum atomic E-state index is 12.4. The lowest BCUT2D eigenvalue weighted by Gasteiger charge is -2.30. The average Bonchev–Trinajstić information content (AvgIpc) is 2.48. The Morgan fingerprint density at radius 1 is 1.43 bits per heavy atom. The number of rotatable bonds is 4. The SMILES string of the molecule is COC(=O)CC1CCN(S(=O)(=O)c2ccc(Cl)nc2)CC1. The van der Waals surface area contributed by atoms with Crippen molar-refractivity contribution in [2.24, 2.45) is 5.92 Å². The molecule has 8 heteroatoms. The Balaban J connectivity index is 2.01. The molecule has 0 amide bonds. The van der Waals surface area contributed by atoms with E-state index in [1.165, 1.54) is 29.7 Å². The monoisotopic (exact) mass is 332 g/mol. The van der Waals surface area contributed by atoms with E-state index in [1.807, 2.05) is 0 Å². The molecule has 1 saturated heterocycles. The summed E-state index contributed by atoms with van der Waals surface area (Å²) in [6, 6.07) is 2.91. The smallest absolute Gasteiger partial charge is 0.305 e. The summed E-state index contributed by atoms with van der Waals surface area (Å²) in [5, 5.41) is 0.255. The first-order valence-electron chi connectivity index (χ1n) is 6.62. The largest absolute Gasteiger partial charge is 0.469 e. The van der Waals surface area contributed by atoms with Gasteiger partial charge < -0.3 is 4.74 Å². The van der Waals surface area contributed by atoms with Gasteiger partial charge in [0.25, 0.3) is 0 Å². The fourth-order valence-electron chi connectivity index (χ4n) is 2.34. The Labute approximate surface area is 129 Å². The van der Waals surface area contributed by atoms with Crippen LogP contribution in [-0.2, 0) is 19.6 Å². The predicted octanol–water partition coefficient (Wildman–Crippen LogP) is 1.70. The number of halogens is 1. The highest BCUT2D eigenvalue weighted by Gasteiger charge is 2.30. The molecule has 0 bridgehead atoms. The van der Waals surface area contributed by atoms with Gasteiger partial charge in [0.05, 0.1) is 7.11 Å². The minimum atomic E-state index is -3.54. The normalized spacial score (nSPS) is 17.6. The molecule has 116 valence electrons. The van der Waals surface area contributed by atoms with Crippen molar-refractivity contribution >= 4 is 27.6 Å². The molecule has 0 radical (unpaired) electrons. The van der Waals surface area contributed by atoms with E-state index >= 15 is 0 Å². The lowest BCUT2D eigenvalue weighted by atomic mass is 9.95. The van der Waals surface area contributed by atoms with Gasteiger partial charge in [-0.15, -0.1) is 0 Å². The second-order valence-electron chi connectivity index (χ2n) is 4.94. The molecule has 21 heavy (non-hydrogen) atoms. The summed E-state index contributed by atoms with van der Waals surface area (Å²) in [4.78, 5) is 15.2. The average molecular weight is 333 g/mol. The predicted molar refractivity (Wildman–Crippen MR) is 77.4 cm³/mol. The fourth-order valence-corrected chi connectivity index (χ4v) is 3.86. The lowest BCUT2D eigenvalue weighted by molar-refractivity contribution is -0.142. The van der Waals surface area contributed by atoms with Gasteiger partial charge in [-0.3, -0.25) is 4.79 Å². The van der Waals surface area contributed by atoms with E-state index in [0.717, 1.165) is 0 Å². The minimum absolute atomic E-state index is 0.137. The van der Waals surface area contributed by atoms with Crippen molar-refractivity contribution in [2.45, 2.75) is 24.2 Å². The highest BCUT2D eigenvalue weighted by Crippen LogP contribution is 2.25. The van der Waals surface area contributed by atoms with Gasteiger partial charge in [0.15, 0.2) is 0 Å². The van der Waals surface area contributed by atoms with Crippen LogP contribution in [0.4, 0.5) is 0 Å². The first kappa shape index (κ1) is 16.2. The van der Waals surface area contributed by atoms with Gasteiger partial charge in [0.1, 0.15) is 10.0 Å². The second kappa shape index (κ2) is 6.72. The molecule has 0 atom stereocenters. The maximum absolute atomic E-state index is 12.4. The van der Waals surface area contributed by atoms with Crippen molar-refractivity contribution in [2.75, 3.05) is 20.2 Å². The van der Waals surface area contributed by atoms with Gasteiger partial charge in [0.2, 0.25) is 10.0 Å². The summed E-state index contributed by atoms with van der Waals surface area (Å²) in [7, 11) is -2.18. The van der Waals surface area contributed by atoms with Crippen LogP contribution in [0.3, 0.4) is 0 Å². The number of pyridine rings is 1. The number of hydrogen-bond donors (Lipinski definition) is 0. The zero-order chi connectivity index (χ0) is 15.5. The Bertz CT molecular complexity index is 595. The Hall–Kier alpha value is -1.18. The third kappa shape index (κ3) is 3.93. The lowest BCUT2D eigenvalue weighted by Crippen LogP contribution is -2.38. The molecule has 1 aliphatic rings. The molecule has 0 saturated carbocycles. The molecule has 1 fully saturated rings. The first-order valence-corrected chi connectivity index (χ1v) is 8.44. The highest BCUT2D eigenvalue weighted by atomic mass is 35.5. The molecular weight excluding hydrogens is 316 g/mol. The van der Waals surface area contributed by atoms with E-state index in [1.54, 1.807) is 0 Å². The van der Waals surface area contributed by atoms with Gasteiger partial charge >= 0.3 is 5.97 Å². The molecule has 1 aromatic rings. The van der Waals surface area contributed by atoms with Crippen molar-refractivity contribution in [3.8, 4) is 0 Å². The summed E-state index contributed by atoms with van der Waals surface area (Å²) in [6.45, 7) is 0.791. The van der Waals surface area contributed by atoms with Gasteiger partial charge in [-0.2, -0.15) is 4.31 Å². The second-order valence-corrected chi connectivity index (χ2v) is 7.27. The number of aromatic nitrogens is 1. The van der Waals surface area contributed by atoms with Crippen LogP contribution in [0.5, 0.6) is 0 Å². The number of esters is 1.